The number of carbonyl (C=O) groups excluding carboxylic acids is 2. The van der Waals surface area contributed by atoms with E-state index in [4.69, 9.17) is 0 Å². The molecule has 1 aromatic carbocycles. The molecule has 1 heterocycles. The van der Waals surface area contributed by atoms with Crippen molar-refractivity contribution >= 4 is 35.7 Å². The van der Waals surface area contributed by atoms with E-state index in [1.54, 1.807) is 12.1 Å². The van der Waals surface area contributed by atoms with Gasteiger partial charge in [0.05, 0.1) is 0 Å². The topological polar surface area (TPSA) is 82.3 Å². The number of piperidine rings is 1. The van der Waals surface area contributed by atoms with Crippen LogP contribution in [-0.4, -0.2) is 31.6 Å². The van der Waals surface area contributed by atoms with Gasteiger partial charge in [-0.2, -0.15) is 0 Å². The lowest BCUT2D eigenvalue weighted by Crippen LogP contribution is -2.31. The molecule has 0 radical (unpaired) electrons. The smallest absolute Gasteiger partial charge is 0.319 e. The quantitative estimate of drug-likeness (QED) is 0.672. The predicted molar refractivity (Wildman–Crippen MR) is 97.7 cm³/mol. The van der Waals surface area contributed by atoms with E-state index in [0.717, 1.165) is 38.0 Å². The maximum absolute atomic E-state index is 12.5. The highest BCUT2D eigenvalue weighted by Crippen LogP contribution is 2.58. The van der Waals surface area contributed by atoms with Gasteiger partial charge in [0.2, 0.25) is 5.91 Å². The highest BCUT2D eigenvalue weighted by molar-refractivity contribution is 5.96. The monoisotopic (exact) mass is 352 g/mol. The molecule has 1 saturated heterocycles. The van der Waals surface area contributed by atoms with Crippen LogP contribution >= 0.6 is 12.4 Å². The lowest BCUT2D eigenvalue weighted by molar-refractivity contribution is -0.118. The summed E-state index contributed by atoms with van der Waals surface area (Å²) in [4.78, 5) is 24.0. The zero-order valence-electron chi connectivity index (χ0n) is 13.9. The number of hydrogen-bond acceptors (Lipinski definition) is 3. The maximum atomic E-state index is 12.5. The van der Waals surface area contributed by atoms with Crippen molar-refractivity contribution in [3.05, 3.63) is 24.3 Å². The molecule has 6 nitrogen and oxygen atoms in total. The number of halogens is 1. The Morgan fingerprint density at radius 2 is 1.88 bits per heavy atom. The van der Waals surface area contributed by atoms with Gasteiger partial charge in [0.1, 0.15) is 0 Å². The first-order valence-corrected chi connectivity index (χ1v) is 8.29. The normalized spacial score (nSPS) is 20.6. The number of urea groups is 1. The fourth-order valence-electron chi connectivity index (χ4n) is 3.44. The van der Waals surface area contributed by atoms with Gasteiger partial charge in [0.25, 0.3) is 0 Å². The molecule has 132 valence electrons. The van der Waals surface area contributed by atoms with Crippen molar-refractivity contribution in [2.75, 3.05) is 30.3 Å². The van der Waals surface area contributed by atoms with E-state index in [2.05, 4.69) is 21.3 Å². The molecule has 24 heavy (non-hydrogen) atoms. The molecule has 1 spiro atoms. The van der Waals surface area contributed by atoms with Gasteiger partial charge in [-0.25, -0.2) is 4.79 Å². The number of anilines is 2. The second-order valence-corrected chi connectivity index (χ2v) is 6.42. The number of carbonyl (C=O) groups is 2. The summed E-state index contributed by atoms with van der Waals surface area (Å²) in [6, 6.07) is 7.01. The van der Waals surface area contributed by atoms with Crippen LogP contribution in [0.1, 0.15) is 26.2 Å². The third kappa shape index (κ3) is 4.19. The van der Waals surface area contributed by atoms with E-state index in [9.17, 15) is 9.59 Å². The molecule has 0 bridgehead atoms. The van der Waals surface area contributed by atoms with Gasteiger partial charge >= 0.3 is 6.03 Å². The molecule has 2 fully saturated rings. The van der Waals surface area contributed by atoms with E-state index in [1.165, 1.54) is 0 Å². The number of hydrogen-bond donors (Lipinski definition) is 4. The van der Waals surface area contributed by atoms with Crippen LogP contribution in [-0.2, 0) is 4.79 Å². The molecule has 0 aromatic heterocycles. The maximum Gasteiger partial charge on any atom is 0.319 e. The molecule has 7 heteroatoms. The lowest BCUT2D eigenvalue weighted by Gasteiger charge is -2.23. The van der Waals surface area contributed by atoms with Crippen molar-refractivity contribution in [3.8, 4) is 0 Å². The van der Waals surface area contributed by atoms with Crippen molar-refractivity contribution in [1.82, 2.24) is 10.6 Å². The standard InChI is InChI=1S/C17H24N4O2.ClH/c1-2-19-16(23)21-13-5-3-4-12(10-13)20-15(22)14-11-17(14)6-8-18-9-7-17;/h3-5,10,14,18H,2,6-9,11H2,1H3,(H,20,22)(H2,19,21,23);1H. The molecule has 3 rings (SSSR count). The van der Waals surface area contributed by atoms with Crippen LogP contribution in [0.3, 0.4) is 0 Å². The summed E-state index contributed by atoms with van der Waals surface area (Å²) in [7, 11) is 0. The Bertz CT molecular complexity index is 602. The predicted octanol–water partition coefficient (Wildman–Crippen LogP) is 2.58. The second-order valence-electron chi connectivity index (χ2n) is 6.42. The summed E-state index contributed by atoms with van der Waals surface area (Å²) in [6.45, 7) is 4.45. The van der Waals surface area contributed by atoms with Crippen molar-refractivity contribution in [2.45, 2.75) is 26.2 Å². The van der Waals surface area contributed by atoms with E-state index >= 15 is 0 Å². The second kappa shape index (κ2) is 7.85. The summed E-state index contributed by atoms with van der Waals surface area (Å²) in [5.41, 5.74) is 1.62. The Morgan fingerprint density at radius 1 is 1.21 bits per heavy atom. The molecule has 1 atom stereocenters. The summed E-state index contributed by atoms with van der Waals surface area (Å²) in [5.74, 6) is 0.228. The Hall–Kier alpha value is -1.79. The lowest BCUT2D eigenvalue weighted by atomic mass is 9.92. The molecule has 1 aromatic rings. The van der Waals surface area contributed by atoms with Gasteiger partial charge in [0, 0.05) is 23.8 Å². The highest BCUT2D eigenvalue weighted by atomic mass is 35.5. The van der Waals surface area contributed by atoms with Crippen molar-refractivity contribution in [1.29, 1.82) is 0 Å². The summed E-state index contributed by atoms with van der Waals surface area (Å²) >= 11 is 0. The van der Waals surface area contributed by atoms with Crippen LogP contribution in [0.25, 0.3) is 0 Å². The largest absolute Gasteiger partial charge is 0.338 e. The van der Waals surface area contributed by atoms with Gasteiger partial charge in [0.15, 0.2) is 0 Å². The molecule has 2 aliphatic rings. The minimum absolute atomic E-state index is 0. The zero-order chi connectivity index (χ0) is 16.3. The number of rotatable bonds is 4. The molecule has 4 N–H and O–H groups in total. The fourth-order valence-corrected chi connectivity index (χ4v) is 3.44. The van der Waals surface area contributed by atoms with E-state index < -0.39 is 0 Å². The number of amides is 3. The first-order valence-electron chi connectivity index (χ1n) is 8.29. The van der Waals surface area contributed by atoms with Gasteiger partial charge < -0.3 is 21.3 Å². The zero-order valence-corrected chi connectivity index (χ0v) is 14.7. The molecule has 1 aliphatic carbocycles. The first-order chi connectivity index (χ1) is 11.1. The summed E-state index contributed by atoms with van der Waals surface area (Å²) in [6.07, 6.45) is 3.17. The van der Waals surface area contributed by atoms with E-state index in [-0.39, 0.29) is 35.7 Å². The Labute approximate surface area is 148 Å². The highest BCUT2D eigenvalue weighted by Gasteiger charge is 2.57. The molecular formula is C17H25ClN4O2. The molecule has 3 amide bonds. The Morgan fingerprint density at radius 3 is 2.54 bits per heavy atom. The van der Waals surface area contributed by atoms with Gasteiger partial charge in [-0.05, 0) is 62.9 Å². The fraction of sp³-hybridized carbons (Fsp3) is 0.529. The third-order valence-electron chi connectivity index (χ3n) is 4.83. The average Bonchev–Trinajstić information content (AvgIpc) is 3.22. The molecule has 1 aliphatic heterocycles. The Balaban J connectivity index is 0.00000208. The third-order valence-corrected chi connectivity index (χ3v) is 4.83. The van der Waals surface area contributed by atoms with Crippen LogP contribution in [0.4, 0.5) is 16.2 Å². The molecule has 1 unspecified atom stereocenters. The molecular weight excluding hydrogens is 328 g/mol. The van der Waals surface area contributed by atoms with Crippen LogP contribution in [0.2, 0.25) is 0 Å². The van der Waals surface area contributed by atoms with Crippen molar-refractivity contribution in [2.24, 2.45) is 11.3 Å². The first kappa shape index (κ1) is 18.5. The van der Waals surface area contributed by atoms with Gasteiger partial charge in [-0.1, -0.05) is 6.07 Å². The average molecular weight is 353 g/mol. The minimum atomic E-state index is -0.244. The number of benzene rings is 1. The van der Waals surface area contributed by atoms with Gasteiger partial charge in [-0.3, -0.25) is 4.79 Å². The van der Waals surface area contributed by atoms with Crippen molar-refractivity contribution < 1.29 is 9.59 Å². The molecule has 1 saturated carbocycles. The Kier molecular flexibility index (Phi) is 6.07. The van der Waals surface area contributed by atoms with Crippen LogP contribution in [0.15, 0.2) is 24.3 Å². The van der Waals surface area contributed by atoms with E-state index in [1.807, 2.05) is 19.1 Å². The summed E-state index contributed by atoms with van der Waals surface area (Å²) in [5, 5.41) is 11.8. The van der Waals surface area contributed by atoms with E-state index in [0.29, 0.717) is 12.2 Å². The van der Waals surface area contributed by atoms with Crippen LogP contribution in [0, 0.1) is 11.3 Å². The summed E-state index contributed by atoms with van der Waals surface area (Å²) < 4.78 is 0. The minimum Gasteiger partial charge on any atom is -0.338 e. The SMILES string of the molecule is CCNC(=O)Nc1cccc(NC(=O)C2CC23CCNCC3)c1.Cl. The van der Waals surface area contributed by atoms with Crippen LogP contribution in [0.5, 0.6) is 0 Å². The number of nitrogens with one attached hydrogen (secondary N) is 4. The van der Waals surface area contributed by atoms with Crippen molar-refractivity contribution in [3.63, 3.8) is 0 Å². The van der Waals surface area contributed by atoms with Crippen LogP contribution < -0.4 is 21.3 Å². The van der Waals surface area contributed by atoms with Gasteiger partial charge in [-0.15, -0.1) is 12.4 Å².